The smallest absolute Gasteiger partial charge is 0.263 e. The van der Waals surface area contributed by atoms with E-state index in [0.717, 1.165) is 24.3 Å². The number of aromatic nitrogens is 4. The van der Waals surface area contributed by atoms with E-state index in [9.17, 15) is 4.79 Å². The van der Waals surface area contributed by atoms with Gasteiger partial charge in [0, 0.05) is 12.0 Å². The van der Waals surface area contributed by atoms with Crippen LogP contribution < -0.4 is 20.3 Å². The number of hydrogen-bond donors (Lipinski definition) is 2. The van der Waals surface area contributed by atoms with E-state index in [0.29, 0.717) is 36.7 Å². The van der Waals surface area contributed by atoms with Crippen molar-refractivity contribution in [1.82, 2.24) is 19.7 Å². The van der Waals surface area contributed by atoms with Crippen LogP contribution in [-0.2, 0) is 11.0 Å². The first-order valence-electron chi connectivity index (χ1n) is 11.0. The highest BCUT2D eigenvalue weighted by Crippen LogP contribution is 2.44. The number of nitrogens with zero attached hydrogens (tertiary/aromatic N) is 3. The van der Waals surface area contributed by atoms with Crippen molar-refractivity contribution in [2.75, 3.05) is 25.1 Å². The molecule has 2 N–H and O–H groups in total. The molecule has 1 aliphatic carbocycles. The van der Waals surface area contributed by atoms with E-state index in [4.69, 9.17) is 14.5 Å². The van der Waals surface area contributed by atoms with Crippen molar-refractivity contribution in [3.8, 4) is 11.5 Å². The fraction of sp³-hybridized carbons (Fsp3) is 0.522. The number of anilines is 1. The number of H-pyrrole nitrogens is 1. The van der Waals surface area contributed by atoms with Gasteiger partial charge in [0.05, 0.1) is 11.7 Å². The summed E-state index contributed by atoms with van der Waals surface area (Å²) in [6.45, 7) is 7.99. The molecule has 2 aromatic heterocycles. The molecule has 1 aromatic carbocycles. The van der Waals surface area contributed by atoms with Crippen molar-refractivity contribution in [2.45, 2.75) is 57.4 Å². The van der Waals surface area contributed by atoms with Gasteiger partial charge in [0.2, 0.25) is 5.95 Å². The summed E-state index contributed by atoms with van der Waals surface area (Å²) < 4.78 is 13.3. The van der Waals surface area contributed by atoms with Crippen LogP contribution in [0.4, 0.5) is 5.95 Å². The quantitative estimate of drug-likeness (QED) is 0.666. The van der Waals surface area contributed by atoms with Gasteiger partial charge >= 0.3 is 0 Å². The average molecular weight is 424 g/mol. The molecular formula is C23H29N5O3. The number of benzene rings is 1. The largest absolute Gasteiger partial charge is 0.486 e. The van der Waals surface area contributed by atoms with Crippen LogP contribution in [0, 0.1) is 0 Å². The van der Waals surface area contributed by atoms with E-state index in [1.54, 1.807) is 10.9 Å². The Balaban J connectivity index is 1.46. The fourth-order valence-electron chi connectivity index (χ4n) is 4.74. The number of fused-ring (bicyclic) bond motifs is 2. The topological polar surface area (TPSA) is 94.1 Å². The first kappa shape index (κ1) is 19.9. The first-order chi connectivity index (χ1) is 14.9. The predicted molar refractivity (Wildman–Crippen MR) is 119 cm³/mol. The SMILES string of the molecule is CC(C)(C)n1ncc2c(=O)[nH]c(NCC3(c4ccc5c(c4)OCCO5)CCCC3)nc21. The summed E-state index contributed by atoms with van der Waals surface area (Å²) in [7, 11) is 0. The molecule has 0 bridgehead atoms. The average Bonchev–Trinajstić information content (AvgIpc) is 3.40. The maximum absolute atomic E-state index is 12.6. The van der Waals surface area contributed by atoms with Gasteiger partial charge in [-0.1, -0.05) is 18.9 Å². The lowest BCUT2D eigenvalue weighted by atomic mass is 9.78. The molecule has 0 atom stereocenters. The second-order valence-electron chi connectivity index (χ2n) is 9.58. The summed E-state index contributed by atoms with van der Waals surface area (Å²) >= 11 is 0. The number of rotatable bonds is 4. The van der Waals surface area contributed by atoms with Gasteiger partial charge in [-0.25, -0.2) is 4.68 Å². The first-order valence-corrected chi connectivity index (χ1v) is 11.0. The minimum absolute atomic E-state index is 0.0341. The maximum atomic E-state index is 12.6. The van der Waals surface area contributed by atoms with E-state index in [-0.39, 0.29) is 16.5 Å². The minimum Gasteiger partial charge on any atom is -0.486 e. The molecule has 0 amide bonds. The molecule has 2 aliphatic rings. The molecule has 1 fully saturated rings. The molecule has 164 valence electrons. The molecule has 1 saturated carbocycles. The van der Waals surface area contributed by atoms with Gasteiger partial charge in [0.15, 0.2) is 17.1 Å². The highest BCUT2D eigenvalue weighted by atomic mass is 16.6. The summed E-state index contributed by atoms with van der Waals surface area (Å²) in [5.74, 6) is 2.10. The highest BCUT2D eigenvalue weighted by Gasteiger charge is 2.36. The van der Waals surface area contributed by atoms with Crippen molar-refractivity contribution in [1.29, 1.82) is 0 Å². The summed E-state index contributed by atoms with van der Waals surface area (Å²) in [5, 5.41) is 8.32. The zero-order chi connectivity index (χ0) is 21.6. The normalized spacial score (nSPS) is 17.8. The monoisotopic (exact) mass is 423 g/mol. The van der Waals surface area contributed by atoms with E-state index < -0.39 is 0 Å². The van der Waals surface area contributed by atoms with Gasteiger partial charge in [0.1, 0.15) is 18.6 Å². The van der Waals surface area contributed by atoms with Crippen LogP contribution in [0.5, 0.6) is 11.5 Å². The van der Waals surface area contributed by atoms with E-state index >= 15 is 0 Å². The molecule has 1 aliphatic heterocycles. The van der Waals surface area contributed by atoms with Crippen LogP contribution >= 0.6 is 0 Å². The molecule has 0 saturated heterocycles. The summed E-state index contributed by atoms with van der Waals surface area (Å²) in [5.41, 5.74) is 1.36. The lowest BCUT2D eigenvalue weighted by molar-refractivity contribution is 0.171. The van der Waals surface area contributed by atoms with Crippen molar-refractivity contribution in [3.05, 3.63) is 40.3 Å². The second kappa shape index (κ2) is 7.28. The van der Waals surface area contributed by atoms with E-state index in [1.165, 1.54) is 18.4 Å². The van der Waals surface area contributed by atoms with Gasteiger partial charge in [-0.15, -0.1) is 0 Å². The Labute approximate surface area is 181 Å². The molecule has 0 radical (unpaired) electrons. The predicted octanol–water partition coefficient (Wildman–Crippen LogP) is 3.57. The second-order valence-corrected chi connectivity index (χ2v) is 9.58. The maximum Gasteiger partial charge on any atom is 0.263 e. The molecular weight excluding hydrogens is 394 g/mol. The molecule has 0 spiro atoms. The molecule has 3 aromatic rings. The van der Waals surface area contributed by atoms with Gasteiger partial charge in [-0.3, -0.25) is 9.78 Å². The molecule has 3 heterocycles. The molecule has 0 unspecified atom stereocenters. The van der Waals surface area contributed by atoms with Crippen LogP contribution in [-0.4, -0.2) is 39.5 Å². The number of hydrogen-bond acceptors (Lipinski definition) is 6. The zero-order valence-corrected chi connectivity index (χ0v) is 18.3. The number of ether oxygens (including phenoxy) is 2. The third kappa shape index (κ3) is 3.54. The minimum atomic E-state index is -0.266. The van der Waals surface area contributed by atoms with Crippen molar-refractivity contribution in [3.63, 3.8) is 0 Å². The Hall–Kier alpha value is -3.03. The Morgan fingerprint density at radius 2 is 1.90 bits per heavy atom. The van der Waals surface area contributed by atoms with Gasteiger partial charge in [-0.2, -0.15) is 10.1 Å². The standard InChI is InChI=1S/C23H29N5O3/c1-22(2,3)28-19-16(13-25-28)20(29)27-21(26-19)24-14-23(8-4-5-9-23)15-6-7-17-18(12-15)31-11-10-30-17/h6-7,12-13H,4-5,8-11,14H2,1-3H3,(H2,24,26,27,29). The Morgan fingerprint density at radius 1 is 1.16 bits per heavy atom. The summed E-state index contributed by atoms with van der Waals surface area (Å²) in [4.78, 5) is 20.2. The molecule has 8 heteroatoms. The van der Waals surface area contributed by atoms with Gasteiger partial charge in [-0.05, 0) is 51.3 Å². The number of nitrogens with one attached hydrogen (secondary N) is 2. The Morgan fingerprint density at radius 3 is 2.65 bits per heavy atom. The van der Waals surface area contributed by atoms with E-state index in [2.05, 4.69) is 27.5 Å². The van der Waals surface area contributed by atoms with Crippen molar-refractivity contribution in [2.24, 2.45) is 0 Å². The van der Waals surface area contributed by atoms with Crippen LogP contribution in [0.25, 0.3) is 11.0 Å². The van der Waals surface area contributed by atoms with Crippen LogP contribution in [0.1, 0.15) is 52.0 Å². The highest BCUT2D eigenvalue weighted by molar-refractivity contribution is 5.74. The molecule has 31 heavy (non-hydrogen) atoms. The zero-order valence-electron chi connectivity index (χ0n) is 18.3. The Kier molecular flexibility index (Phi) is 4.68. The van der Waals surface area contributed by atoms with Crippen molar-refractivity contribution < 1.29 is 9.47 Å². The molecule has 5 rings (SSSR count). The van der Waals surface area contributed by atoms with Crippen LogP contribution in [0.3, 0.4) is 0 Å². The lowest BCUT2D eigenvalue weighted by Crippen LogP contribution is -2.33. The van der Waals surface area contributed by atoms with E-state index in [1.807, 2.05) is 26.8 Å². The summed E-state index contributed by atoms with van der Waals surface area (Å²) in [6.07, 6.45) is 6.09. The molecule has 8 nitrogen and oxygen atoms in total. The van der Waals surface area contributed by atoms with Gasteiger partial charge < -0.3 is 14.8 Å². The third-order valence-corrected chi connectivity index (χ3v) is 6.38. The van der Waals surface area contributed by atoms with Crippen molar-refractivity contribution >= 4 is 17.0 Å². The Bertz CT molecular complexity index is 1170. The van der Waals surface area contributed by atoms with Gasteiger partial charge in [0.25, 0.3) is 5.56 Å². The lowest BCUT2D eigenvalue weighted by Gasteiger charge is -2.31. The van der Waals surface area contributed by atoms with Crippen LogP contribution in [0.2, 0.25) is 0 Å². The third-order valence-electron chi connectivity index (χ3n) is 6.38. The number of aromatic amines is 1. The summed E-state index contributed by atoms with van der Waals surface area (Å²) in [6, 6.07) is 6.28. The van der Waals surface area contributed by atoms with Crippen LogP contribution in [0.15, 0.2) is 29.2 Å². The fourth-order valence-corrected chi connectivity index (χ4v) is 4.74.